The van der Waals surface area contributed by atoms with Crippen LogP contribution >= 0.6 is 0 Å². The number of aromatic carboxylic acids is 1. The Hall–Kier alpha value is -2.33. The zero-order valence-corrected chi connectivity index (χ0v) is 11.8. The van der Waals surface area contributed by atoms with E-state index < -0.39 is 54.8 Å². The fourth-order valence-electron chi connectivity index (χ4n) is 2.45. The molecule has 24 heavy (non-hydrogen) atoms. The van der Waals surface area contributed by atoms with Crippen LogP contribution in [0.25, 0.3) is 0 Å². The topological polar surface area (TPSA) is 70.5 Å². The van der Waals surface area contributed by atoms with Crippen molar-refractivity contribution in [3.63, 3.8) is 0 Å². The van der Waals surface area contributed by atoms with E-state index in [0.29, 0.717) is 4.90 Å². The summed E-state index contributed by atoms with van der Waals surface area (Å²) in [6, 6.07) is 1.84. The Morgan fingerprint density at radius 3 is 2.21 bits per heavy atom. The molecule has 1 aromatic heterocycles. The Morgan fingerprint density at radius 2 is 1.75 bits per heavy atom. The molecular weight excluding hydrogens is 346 g/mol. The summed E-state index contributed by atoms with van der Waals surface area (Å²) < 4.78 is 77.8. The van der Waals surface area contributed by atoms with Crippen molar-refractivity contribution in [2.75, 3.05) is 13.1 Å². The van der Waals surface area contributed by atoms with Crippen LogP contribution in [0.3, 0.4) is 0 Å². The van der Waals surface area contributed by atoms with Crippen molar-refractivity contribution in [3.05, 3.63) is 29.6 Å². The number of likely N-dealkylation sites (tertiary alicyclic amines) is 1. The Bertz CT molecular complexity index is 656. The van der Waals surface area contributed by atoms with Gasteiger partial charge in [-0.15, -0.1) is 0 Å². The van der Waals surface area contributed by atoms with Gasteiger partial charge in [0.15, 0.2) is 5.41 Å². The lowest BCUT2D eigenvalue weighted by atomic mass is 9.85. The van der Waals surface area contributed by atoms with E-state index in [1.54, 1.807) is 0 Å². The number of pyridine rings is 1. The summed E-state index contributed by atoms with van der Waals surface area (Å²) >= 11 is 0. The van der Waals surface area contributed by atoms with Gasteiger partial charge in [0.05, 0.1) is 5.56 Å². The van der Waals surface area contributed by atoms with Gasteiger partial charge in [-0.1, -0.05) is 0 Å². The normalized spacial score (nSPS) is 17.8. The molecule has 2 rings (SSSR count). The number of alkyl halides is 6. The van der Waals surface area contributed by atoms with Gasteiger partial charge in [0.2, 0.25) is 0 Å². The molecule has 0 atom stereocenters. The van der Waals surface area contributed by atoms with Gasteiger partial charge < -0.3 is 10.0 Å². The molecule has 0 spiro atoms. The second-order valence-corrected chi connectivity index (χ2v) is 5.29. The number of nitrogens with zero attached hydrogens (tertiary/aromatic N) is 2. The zero-order chi connectivity index (χ0) is 18.3. The number of carboxylic acids is 1. The average Bonchev–Trinajstić information content (AvgIpc) is 2.92. The van der Waals surface area contributed by atoms with Crippen LogP contribution in [0.1, 0.15) is 27.3 Å². The van der Waals surface area contributed by atoms with Crippen LogP contribution in [-0.2, 0) is 0 Å². The van der Waals surface area contributed by atoms with Crippen molar-refractivity contribution in [2.24, 2.45) is 5.41 Å². The molecule has 1 amide bonds. The number of halogens is 6. The van der Waals surface area contributed by atoms with E-state index in [-0.39, 0.29) is 5.56 Å². The zero-order valence-electron chi connectivity index (χ0n) is 11.8. The molecule has 0 unspecified atom stereocenters. The van der Waals surface area contributed by atoms with Gasteiger partial charge in [0.1, 0.15) is 5.69 Å². The highest BCUT2D eigenvalue weighted by atomic mass is 19.4. The van der Waals surface area contributed by atoms with Gasteiger partial charge in [-0.25, -0.2) is 4.79 Å². The molecule has 11 heteroatoms. The SMILES string of the molecule is O=C(O)c1ccnc(C(=O)N2CCC(C(F)(F)F)(C(F)(F)F)C2)c1. The van der Waals surface area contributed by atoms with Crippen molar-refractivity contribution >= 4 is 11.9 Å². The third-order valence-corrected chi connectivity index (χ3v) is 3.87. The van der Waals surface area contributed by atoms with Crippen LogP contribution in [0.2, 0.25) is 0 Å². The maximum atomic E-state index is 13.0. The molecule has 0 aliphatic carbocycles. The Morgan fingerprint density at radius 1 is 1.17 bits per heavy atom. The van der Waals surface area contributed by atoms with Gasteiger partial charge in [-0.2, -0.15) is 26.3 Å². The van der Waals surface area contributed by atoms with Gasteiger partial charge in [-0.3, -0.25) is 9.78 Å². The first-order valence-corrected chi connectivity index (χ1v) is 6.51. The third-order valence-electron chi connectivity index (χ3n) is 3.87. The lowest BCUT2D eigenvalue weighted by Gasteiger charge is -2.33. The largest absolute Gasteiger partial charge is 0.478 e. The predicted molar refractivity (Wildman–Crippen MR) is 66.3 cm³/mol. The number of aromatic nitrogens is 1. The van der Waals surface area contributed by atoms with E-state index in [9.17, 15) is 35.9 Å². The monoisotopic (exact) mass is 356 g/mol. The van der Waals surface area contributed by atoms with E-state index in [0.717, 1.165) is 18.3 Å². The first-order valence-electron chi connectivity index (χ1n) is 6.51. The number of carbonyl (C=O) groups is 2. The van der Waals surface area contributed by atoms with E-state index in [4.69, 9.17) is 5.11 Å². The summed E-state index contributed by atoms with van der Waals surface area (Å²) in [5, 5.41) is 8.80. The van der Waals surface area contributed by atoms with Crippen LogP contribution in [0.5, 0.6) is 0 Å². The summed E-state index contributed by atoms with van der Waals surface area (Å²) in [6.07, 6.45) is -11.5. The summed E-state index contributed by atoms with van der Waals surface area (Å²) in [7, 11) is 0. The summed E-state index contributed by atoms with van der Waals surface area (Å²) in [5.41, 5.74) is -4.89. The fraction of sp³-hybridized carbons (Fsp3) is 0.462. The number of hydrogen-bond donors (Lipinski definition) is 1. The number of carbonyl (C=O) groups excluding carboxylic acids is 1. The van der Waals surface area contributed by atoms with Crippen molar-refractivity contribution in [1.82, 2.24) is 9.88 Å². The minimum Gasteiger partial charge on any atom is -0.478 e. The summed E-state index contributed by atoms with van der Waals surface area (Å²) in [6.45, 7) is -2.35. The van der Waals surface area contributed by atoms with Crippen molar-refractivity contribution in [2.45, 2.75) is 18.8 Å². The van der Waals surface area contributed by atoms with Crippen LogP contribution in [0.4, 0.5) is 26.3 Å². The number of amides is 1. The number of hydrogen-bond acceptors (Lipinski definition) is 3. The summed E-state index contributed by atoms with van der Waals surface area (Å²) in [4.78, 5) is 26.8. The molecule has 0 saturated carbocycles. The van der Waals surface area contributed by atoms with Crippen molar-refractivity contribution in [3.8, 4) is 0 Å². The van der Waals surface area contributed by atoms with E-state index in [1.165, 1.54) is 0 Å². The fourth-order valence-corrected chi connectivity index (χ4v) is 2.45. The summed E-state index contributed by atoms with van der Waals surface area (Å²) in [5.74, 6) is -2.60. The highest BCUT2D eigenvalue weighted by Gasteiger charge is 2.72. The van der Waals surface area contributed by atoms with E-state index in [1.807, 2.05) is 0 Å². The minimum atomic E-state index is -5.57. The Kier molecular flexibility index (Phi) is 4.23. The molecule has 2 heterocycles. The minimum absolute atomic E-state index is 0.356. The molecule has 0 aromatic carbocycles. The van der Waals surface area contributed by atoms with Gasteiger partial charge in [-0.05, 0) is 18.6 Å². The van der Waals surface area contributed by atoms with E-state index in [2.05, 4.69) is 4.98 Å². The third kappa shape index (κ3) is 2.89. The molecule has 1 fully saturated rings. The number of carboxylic acid groups (broad SMARTS) is 1. The second-order valence-electron chi connectivity index (χ2n) is 5.29. The first-order chi connectivity index (χ1) is 10.9. The Labute approximate surface area is 130 Å². The number of rotatable bonds is 2. The van der Waals surface area contributed by atoms with Gasteiger partial charge in [0, 0.05) is 19.3 Å². The Balaban J connectivity index is 2.31. The van der Waals surface area contributed by atoms with Gasteiger partial charge >= 0.3 is 18.3 Å². The molecule has 0 radical (unpaired) electrons. The average molecular weight is 356 g/mol. The smallest absolute Gasteiger partial charge is 0.404 e. The first kappa shape index (κ1) is 18.0. The van der Waals surface area contributed by atoms with E-state index >= 15 is 0 Å². The lowest BCUT2D eigenvalue weighted by Crippen LogP contribution is -2.52. The van der Waals surface area contributed by atoms with Crippen molar-refractivity contribution < 1.29 is 41.0 Å². The molecular formula is C13H10F6N2O3. The second kappa shape index (κ2) is 5.64. The molecule has 1 saturated heterocycles. The van der Waals surface area contributed by atoms with Crippen LogP contribution in [0, 0.1) is 5.41 Å². The molecule has 1 aliphatic heterocycles. The molecule has 1 N–H and O–H groups in total. The highest BCUT2D eigenvalue weighted by molar-refractivity contribution is 5.96. The van der Waals surface area contributed by atoms with Gasteiger partial charge in [0.25, 0.3) is 5.91 Å². The molecule has 5 nitrogen and oxygen atoms in total. The van der Waals surface area contributed by atoms with Crippen molar-refractivity contribution in [1.29, 1.82) is 0 Å². The lowest BCUT2D eigenvalue weighted by molar-refractivity contribution is -0.334. The van der Waals surface area contributed by atoms with Crippen LogP contribution in [-0.4, -0.2) is 52.3 Å². The predicted octanol–water partition coefficient (Wildman–Crippen LogP) is 2.74. The quantitative estimate of drug-likeness (QED) is 0.828. The molecule has 132 valence electrons. The molecule has 1 aliphatic rings. The van der Waals surface area contributed by atoms with Crippen LogP contribution in [0.15, 0.2) is 18.3 Å². The maximum absolute atomic E-state index is 13.0. The maximum Gasteiger partial charge on any atom is 0.404 e. The molecule has 1 aromatic rings. The van der Waals surface area contributed by atoms with Crippen LogP contribution < -0.4 is 0 Å². The standard InChI is InChI=1S/C13H10F6N2O3/c14-12(15,16)11(13(17,18)19)2-4-21(6-11)9(22)8-5-7(10(23)24)1-3-20-8/h1,3,5H,2,4,6H2,(H,23,24). The highest BCUT2D eigenvalue weighted by Crippen LogP contribution is 2.55. The molecule has 0 bridgehead atoms.